The molecule has 0 aromatic carbocycles. The molecule has 5 heteroatoms. The molecule has 0 N–H and O–H groups in total. The maximum Gasteiger partial charge on any atom is 0.410 e. The number of amides is 1. The van der Waals surface area contributed by atoms with Crippen LogP contribution in [0.1, 0.15) is 39.2 Å². The molecule has 1 aliphatic heterocycles. The third kappa shape index (κ3) is 3.40. The zero-order valence-corrected chi connectivity index (χ0v) is 12.5. The van der Waals surface area contributed by atoms with Crippen LogP contribution in [0.2, 0.25) is 0 Å². The molecule has 1 aromatic rings. The third-order valence-corrected chi connectivity index (χ3v) is 3.08. The topological polar surface area (TPSA) is 51.7 Å². The number of hydrogen-bond donors (Lipinski definition) is 0. The Morgan fingerprint density at radius 3 is 2.75 bits per heavy atom. The second-order valence-corrected chi connectivity index (χ2v) is 5.93. The lowest BCUT2D eigenvalue weighted by atomic mass is 9.92. The van der Waals surface area contributed by atoms with Gasteiger partial charge in [0, 0.05) is 37.0 Å². The second kappa shape index (κ2) is 5.69. The van der Waals surface area contributed by atoms with E-state index in [0.717, 1.165) is 11.3 Å². The Hall–Kier alpha value is -1.78. The molecule has 1 aromatic heterocycles. The lowest BCUT2D eigenvalue weighted by Gasteiger charge is -2.40. The molecular formula is C15H22N2O3. The SMILES string of the molecule is CCOc1ccncc1C1CN(C(=O)OC(C)(C)C)C1. The highest BCUT2D eigenvalue weighted by atomic mass is 16.6. The van der Waals surface area contributed by atoms with E-state index < -0.39 is 5.60 Å². The van der Waals surface area contributed by atoms with Gasteiger partial charge in [0.25, 0.3) is 0 Å². The van der Waals surface area contributed by atoms with Gasteiger partial charge in [-0.25, -0.2) is 4.79 Å². The van der Waals surface area contributed by atoms with Gasteiger partial charge in [0.15, 0.2) is 0 Å². The largest absolute Gasteiger partial charge is 0.493 e. The van der Waals surface area contributed by atoms with Crippen LogP contribution in [0.5, 0.6) is 5.75 Å². The van der Waals surface area contributed by atoms with Crippen LogP contribution in [0.15, 0.2) is 18.5 Å². The van der Waals surface area contributed by atoms with Gasteiger partial charge < -0.3 is 14.4 Å². The summed E-state index contributed by atoms with van der Waals surface area (Å²) in [6.07, 6.45) is 3.29. The maximum atomic E-state index is 11.9. The van der Waals surface area contributed by atoms with Crippen LogP contribution < -0.4 is 4.74 Å². The summed E-state index contributed by atoms with van der Waals surface area (Å²) in [5.41, 5.74) is 0.613. The number of nitrogens with zero attached hydrogens (tertiary/aromatic N) is 2. The Morgan fingerprint density at radius 2 is 2.15 bits per heavy atom. The molecule has 0 saturated carbocycles. The number of ether oxygens (including phenoxy) is 2. The van der Waals surface area contributed by atoms with Crippen molar-refractivity contribution in [1.82, 2.24) is 9.88 Å². The normalized spacial score (nSPS) is 15.7. The first-order chi connectivity index (χ1) is 9.40. The summed E-state index contributed by atoms with van der Waals surface area (Å²) in [5, 5.41) is 0. The first kappa shape index (κ1) is 14.6. The van der Waals surface area contributed by atoms with Gasteiger partial charge in [0.05, 0.1) is 6.61 Å². The molecule has 1 amide bonds. The number of aromatic nitrogens is 1. The number of carbonyl (C=O) groups is 1. The van der Waals surface area contributed by atoms with Gasteiger partial charge in [-0.1, -0.05) is 0 Å². The zero-order valence-electron chi connectivity index (χ0n) is 12.5. The summed E-state index contributed by atoms with van der Waals surface area (Å²) in [5.74, 6) is 1.13. The Morgan fingerprint density at radius 1 is 1.45 bits per heavy atom. The maximum absolute atomic E-state index is 11.9. The fraction of sp³-hybridized carbons (Fsp3) is 0.600. The molecule has 1 aliphatic rings. The number of likely N-dealkylation sites (tertiary alicyclic amines) is 1. The Bertz CT molecular complexity index is 476. The predicted octanol–water partition coefficient (Wildman–Crippen LogP) is 2.81. The molecule has 0 bridgehead atoms. The van der Waals surface area contributed by atoms with E-state index >= 15 is 0 Å². The van der Waals surface area contributed by atoms with Gasteiger partial charge in [0.1, 0.15) is 11.4 Å². The first-order valence-electron chi connectivity index (χ1n) is 6.95. The van der Waals surface area contributed by atoms with E-state index in [1.807, 2.05) is 40.0 Å². The molecule has 1 fully saturated rings. The molecule has 5 nitrogen and oxygen atoms in total. The minimum Gasteiger partial charge on any atom is -0.493 e. The summed E-state index contributed by atoms with van der Waals surface area (Å²) in [4.78, 5) is 17.7. The van der Waals surface area contributed by atoms with Crippen molar-refractivity contribution in [2.45, 2.75) is 39.2 Å². The van der Waals surface area contributed by atoms with Crippen molar-refractivity contribution in [3.63, 3.8) is 0 Å². The molecule has 0 aliphatic carbocycles. The van der Waals surface area contributed by atoms with Gasteiger partial charge in [-0.05, 0) is 33.8 Å². The predicted molar refractivity (Wildman–Crippen MR) is 76.0 cm³/mol. The molecule has 110 valence electrons. The highest BCUT2D eigenvalue weighted by Gasteiger charge is 2.36. The summed E-state index contributed by atoms with van der Waals surface area (Å²) < 4.78 is 10.9. The van der Waals surface area contributed by atoms with Crippen molar-refractivity contribution >= 4 is 6.09 Å². The van der Waals surface area contributed by atoms with Crippen molar-refractivity contribution in [3.05, 3.63) is 24.0 Å². The fourth-order valence-corrected chi connectivity index (χ4v) is 2.14. The van der Waals surface area contributed by atoms with Crippen molar-refractivity contribution in [2.24, 2.45) is 0 Å². The summed E-state index contributed by atoms with van der Waals surface area (Å²) >= 11 is 0. The van der Waals surface area contributed by atoms with Crippen molar-refractivity contribution in [3.8, 4) is 5.75 Å². The third-order valence-electron chi connectivity index (χ3n) is 3.08. The first-order valence-corrected chi connectivity index (χ1v) is 6.95. The molecular weight excluding hydrogens is 256 g/mol. The summed E-state index contributed by atoms with van der Waals surface area (Å²) in [6, 6.07) is 1.87. The van der Waals surface area contributed by atoms with Gasteiger partial charge in [-0.2, -0.15) is 0 Å². The average Bonchev–Trinajstić information content (AvgIpc) is 2.27. The van der Waals surface area contributed by atoms with Gasteiger partial charge in [-0.15, -0.1) is 0 Å². The van der Waals surface area contributed by atoms with E-state index in [9.17, 15) is 4.79 Å². The molecule has 20 heavy (non-hydrogen) atoms. The smallest absolute Gasteiger partial charge is 0.410 e. The fourth-order valence-electron chi connectivity index (χ4n) is 2.14. The van der Waals surface area contributed by atoms with E-state index in [2.05, 4.69) is 4.98 Å². The van der Waals surface area contributed by atoms with Crippen molar-refractivity contribution in [1.29, 1.82) is 0 Å². The lowest BCUT2D eigenvalue weighted by molar-refractivity contribution is 0.00793. The molecule has 2 heterocycles. The highest BCUT2D eigenvalue weighted by molar-refractivity contribution is 5.69. The van der Waals surface area contributed by atoms with E-state index in [4.69, 9.17) is 9.47 Å². The molecule has 0 unspecified atom stereocenters. The number of carbonyl (C=O) groups excluding carboxylic acids is 1. The lowest BCUT2D eigenvalue weighted by Crippen LogP contribution is -2.50. The molecule has 0 radical (unpaired) electrons. The van der Waals surface area contributed by atoms with Gasteiger partial charge >= 0.3 is 6.09 Å². The minimum atomic E-state index is -0.451. The van der Waals surface area contributed by atoms with Crippen LogP contribution in [0, 0.1) is 0 Å². The van der Waals surface area contributed by atoms with Crippen molar-refractivity contribution < 1.29 is 14.3 Å². The monoisotopic (exact) mass is 278 g/mol. The number of hydrogen-bond acceptors (Lipinski definition) is 4. The Balaban J connectivity index is 1.95. The molecule has 1 saturated heterocycles. The standard InChI is InChI=1S/C15H22N2O3/c1-5-19-13-6-7-16-8-12(13)11-9-17(10-11)14(18)20-15(2,3)4/h6-8,11H,5,9-10H2,1-4H3. The average molecular weight is 278 g/mol. The quantitative estimate of drug-likeness (QED) is 0.853. The summed E-state index contributed by atoms with van der Waals surface area (Å²) in [7, 11) is 0. The zero-order chi connectivity index (χ0) is 14.8. The highest BCUT2D eigenvalue weighted by Crippen LogP contribution is 2.33. The van der Waals surface area contributed by atoms with Crippen LogP contribution in [-0.2, 0) is 4.74 Å². The van der Waals surface area contributed by atoms with E-state index in [1.54, 1.807) is 11.1 Å². The molecule has 2 rings (SSSR count). The van der Waals surface area contributed by atoms with Crippen molar-refractivity contribution in [2.75, 3.05) is 19.7 Å². The summed E-state index contributed by atoms with van der Waals surface area (Å²) in [6.45, 7) is 9.50. The Kier molecular flexibility index (Phi) is 4.16. The minimum absolute atomic E-state index is 0.254. The van der Waals surface area contributed by atoms with Gasteiger partial charge in [0.2, 0.25) is 0 Å². The second-order valence-electron chi connectivity index (χ2n) is 5.93. The molecule has 0 spiro atoms. The van der Waals surface area contributed by atoms with Crippen LogP contribution in [-0.4, -0.2) is 41.3 Å². The Labute approximate surface area is 119 Å². The van der Waals surface area contributed by atoms with E-state index in [0.29, 0.717) is 19.7 Å². The van der Waals surface area contributed by atoms with Crippen LogP contribution in [0.4, 0.5) is 4.79 Å². The van der Waals surface area contributed by atoms with Gasteiger partial charge in [-0.3, -0.25) is 4.98 Å². The number of pyridine rings is 1. The van der Waals surface area contributed by atoms with E-state index in [-0.39, 0.29) is 12.0 Å². The van der Waals surface area contributed by atoms with Crippen LogP contribution in [0.25, 0.3) is 0 Å². The van der Waals surface area contributed by atoms with Crippen LogP contribution >= 0.6 is 0 Å². The molecule has 0 atom stereocenters. The van der Waals surface area contributed by atoms with E-state index in [1.165, 1.54) is 0 Å². The van der Waals surface area contributed by atoms with Crippen LogP contribution in [0.3, 0.4) is 0 Å². The number of rotatable bonds is 3.